The van der Waals surface area contributed by atoms with Crippen LogP contribution in [-0.2, 0) is 14.3 Å². The highest BCUT2D eigenvalue weighted by molar-refractivity contribution is 8.03. The highest BCUT2D eigenvalue weighted by Gasteiger charge is 2.12. The smallest absolute Gasteiger partial charge is 0.325 e. The maximum Gasteiger partial charge on any atom is 0.325 e. The standard InChI is InChI=1S/C21H21N3O4S/c1-13-4-5-16(8-14(13)2)21(27)23-10-20(26)28-11-19(25)24-18-7-6-17(29-12-22)9-15(18)3/h4-9H,10-11H2,1-3H3,(H,23,27)(H,24,25). The highest BCUT2D eigenvalue weighted by Crippen LogP contribution is 2.23. The van der Waals surface area contributed by atoms with Crippen LogP contribution >= 0.6 is 11.8 Å². The number of nitriles is 1. The molecular formula is C21H21N3O4S. The summed E-state index contributed by atoms with van der Waals surface area (Å²) in [4.78, 5) is 36.6. The van der Waals surface area contributed by atoms with E-state index in [4.69, 9.17) is 10.00 Å². The lowest BCUT2D eigenvalue weighted by atomic mass is 10.1. The quantitative estimate of drug-likeness (QED) is 0.412. The Morgan fingerprint density at radius 3 is 2.45 bits per heavy atom. The van der Waals surface area contributed by atoms with Gasteiger partial charge in [-0.05, 0) is 79.6 Å². The van der Waals surface area contributed by atoms with E-state index in [2.05, 4.69) is 10.6 Å². The summed E-state index contributed by atoms with van der Waals surface area (Å²) in [6.45, 7) is 4.84. The molecule has 2 rings (SSSR count). The summed E-state index contributed by atoms with van der Waals surface area (Å²) in [7, 11) is 0. The molecule has 0 radical (unpaired) electrons. The number of rotatable bonds is 7. The third-order valence-electron chi connectivity index (χ3n) is 4.16. The minimum atomic E-state index is -0.713. The van der Waals surface area contributed by atoms with E-state index in [0.29, 0.717) is 11.3 Å². The molecule has 0 aliphatic heterocycles. The van der Waals surface area contributed by atoms with Gasteiger partial charge in [-0.1, -0.05) is 6.07 Å². The Labute approximate surface area is 173 Å². The molecule has 7 nitrogen and oxygen atoms in total. The molecule has 0 saturated carbocycles. The van der Waals surface area contributed by atoms with Crippen molar-refractivity contribution in [3.63, 3.8) is 0 Å². The molecule has 0 atom stereocenters. The lowest BCUT2D eigenvalue weighted by Gasteiger charge is -2.10. The number of thiocyanates is 1. The monoisotopic (exact) mass is 411 g/mol. The number of carbonyl (C=O) groups excluding carboxylic acids is 3. The molecule has 150 valence electrons. The normalized spacial score (nSPS) is 10.0. The van der Waals surface area contributed by atoms with E-state index in [1.165, 1.54) is 0 Å². The van der Waals surface area contributed by atoms with Gasteiger partial charge >= 0.3 is 5.97 Å². The van der Waals surface area contributed by atoms with Gasteiger partial charge in [-0.25, -0.2) is 0 Å². The van der Waals surface area contributed by atoms with E-state index < -0.39 is 18.5 Å². The Morgan fingerprint density at radius 2 is 1.79 bits per heavy atom. The topological polar surface area (TPSA) is 108 Å². The van der Waals surface area contributed by atoms with Crippen LogP contribution in [-0.4, -0.2) is 30.9 Å². The number of esters is 1. The predicted octanol–water partition coefficient (Wildman–Crippen LogP) is 3.10. The number of hydrogen-bond donors (Lipinski definition) is 2. The molecule has 8 heteroatoms. The van der Waals surface area contributed by atoms with Crippen LogP contribution in [0.1, 0.15) is 27.0 Å². The molecule has 2 N–H and O–H groups in total. The molecule has 0 spiro atoms. The average molecular weight is 411 g/mol. The van der Waals surface area contributed by atoms with Crippen molar-refractivity contribution >= 4 is 35.2 Å². The molecule has 2 amide bonds. The molecular weight excluding hydrogens is 390 g/mol. The van der Waals surface area contributed by atoms with Gasteiger partial charge in [0.2, 0.25) is 0 Å². The first-order valence-electron chi connectivity index (χ1n) is 8.77. The molecule has 0 aromatic heterocycles. The fourth-order valence-electron chi connectivity index (χ4n) is 2.41. The van der Waals surface area contributed by atoms with Gasteiger partial charge in [0.15, 0.2) is 6.61 Å². The molecule has 2 aromatic carbocycles. The van der Waals surface area contributed by atoms with Crippen LogP contribution in [0, 0.1) is 31.4 Å². The number of nitrogens with one attached hydrogen (secondary N) is 2. The van der Waals surface area contributed by atoms with Gasteiger partial charge in [0.25, 0.3) is 11.8 Å². The van der Waals surface area contributed by atoms with Gasteiger partial charge in [-0.15, -0.1) is 0 Å². The van der Waals surface area contributed by atoms with Crippen LogP contribution in [0.4, 0.5) is 5.69 Å². The van der Waals surface area contributed by atoms with E-state index in [1.807, 2.05) is 25.3 Å². The highest BCUT2D eigenvalue weighted by atomic mass is 32.2. The summed E-state index contributed by atoms with van der Waals surface area (Å²) >= 11 is 1.03. The lowest BCUT2D eigenvalue weighted by molar-refractivity contribution is -0.146. The second-order valence-electron chi connectivity index (χ2n) is 6.36. The number of aryl methyl sites for hydroxylation is 3. The third-order valence-corrected chi connectivity index (χ3v) is 4.74. The lowest BCUT2D eigenvalue weighted by Crippen LogP contribution is -2.32. The maximum absolute atomic E-state index is 12.1. The molecule has 0 aliphatic carbocycles. The Balaban J connectivity index is 1.78. The number of hydrogen-bond acceptors (Lipinski definition) is 6. The van der Waals surface area contributed by atoms with Crippen LogP contribution in [0.2, 0.25) is 0 Å². The molecule has 0 heterocycles. The molecule has 0 aliphatic rings. The van der Waals surface area contributed by atoms with Gasteiger partial charge in [0, 0.05) is 16.1 Å². The summed E-state index contributed by atoms with van der Waals surface area (Å²) < 4.78 is 4.89. The number of carbonyl (C=O) groups is 3. The van der Waals surface area contributed by atoms with Gasteiger partial charge in [0.1, 0.15) is 11.9 Å². The Bertz CT molecular complexity index is 982. The number of nitrogens with zero attached hydrogens (tertiary/aromatic N) is 1. The fourth-order valence-corrected chi connectivity index (χ4v) is 2.89. The molecule has 2 aromatic rings. The van der Waals surface area contributed by atoms with Gasteiger partial charge in [-0.2, -0.15) is 5.26 Å². The van der Waals surface area contributed by atoms with Crippen LogP contribution in [0.15, 0.2) is 41.3 Å². The van der Waals surface area contributed by atoms with Crippen molar-refractivity contribution in [3.8, 4) is 5.40 Å². The molecule has 29 heavy (non-hydrogen) atoms. The van der Waals surface area contributed by atoms with Gasteiger partial charge in [0.05, 0.1) is 0 Å². The Morgan fingerprint density at radius 1 is 1.03 bits per heavy atom. The number of amides is 2. The van der Waals surface area contributed by atoms with Crippen LogP contribution in [0.25, 0.3) is 0 Å². The molecule has 0 unspecified atom stereocenters. The van der Waals surface area contributed by atoms with Crippen LogP contribution < -0.4 is 10.6 Å². The fraction of sp³-hybridized carbons (Fsp3) is 0.238. The summed E-state index contributed by atoms with van der Waals surface area (Å²) in [5.74, 6) is -1.60. The maximum atomic E-state index is 12.1. The molecule has 0 bridgehead atoms. The minimum absolute atomic E-state index is 0.335. The van der Waals surface area contributed by atoms with E-state index in [0.717, 1.165) is 33.3 Å². The first-order valence-corrected chi connectivity index (χ1v) is 9.59. The van der Waals surface area contributed by atoms with E-state index >= 15 is 0 Å². The van der Waals surface area contributed by atoms with Crippen molar-refractivity contribution in [1.29, 1.82) is 5.26 Å². The van der Waals surface area contributed by atoms with Crippen molar-refractivity contribution in [3.05, 3.63) is 58.7 Å². The van der Waals surface area contributed by atoms with E-state index in [9.17, 15) is 14.4 Å². The van der Waals surface area contributed by atoms with Crippen molar-refractivity contribution < 1.29 is 19.1 Å². The van der Waals surface area contributed by atoms with Crippen molar-refractivity contribution in [2.24, 2.45) is 0 Å². The first-order chi connectivity index (χ1) is 13.8. The Kier molecular flexibility index (Phi) is 7.80. The first kappa shape index (κ1) is 22.0. The van der Waals surface area contributed by atoms with Crippen LogP contribution in [0.3, 0.4) is 0 Å². The largest absolute Gasteiger partial charge is 0.454 e. The third kappa shape index (κ3) is 6.66. The van der Waals surface area contributed by atoms with Crippen molar-refractivity contribution in [1.82, 2.24) is 5.32 Å². The zero-order valence-electron chi connectivity index (χ0n) is 16.4. The van der Waals surface area contributed by atoms with Crippen LogP contribution in [0.5, 0.6) is 0 Å². The van der Waals surface area contributed by atoms with Crippen molar-refractivity contribution in [2.45, 2.75) is 25.7 Å². The minimum Gasteiger partial charge on any atom is -0.454 e. The number of ether oxygens (including phenoxy) is 1. The summed E-state index contributed by atoms with van der Waals surface area (Å²) in [6, 6.07) is 10.4. The predicted molar refractivity (Wildman–Crippen MR) is 110 cm³/mol. The van der Waals surface area contributed by atoms with E-state index in [-0.39, 0.29) is 12.5 Å². The van der Waals surface area contributed by atoms with E-state index in [1.54, 1.807) is 37.3 Å². The zero-order valence-corrected chi connectivity index (χ0v) is 17.2. The van der Waals surface area contributed by atoms with Gasteiger partial charge in [-0.3, -0.25) is 14.4 Å². The average Bonchev–Trinajstić information content (AvgIpc) is 2.69. The SMILES string of the molecule is Cc1ccc(C(=O)NCC(=O)OCC(=O)Nc2ccc(SC#N)cc2C)cc1C. The number of benzene rings is 2. The summed E-state index contributed by atoms with van der Waals surface area (Å²) in [6.07, 6.45) is 0. The van der Waals surface area contributed by atoms with Crippen molar-refractivity contribution in [2.75, 3.05) is 18.5 Å². The second-order valence-corrected chi connectivity index (χ2v) is 7.22. The Hall–Kier alpha value is -3.31. The van der Waals surface area contributed by atoms with Gasteiger partial charge < -0.3 is 15.4 Å². The molecule has 0 saturated heterocycles. The summed E-state index contributed by atoms with van der Waals surface area (Å²) in [5.41, 5.74) is 3.85. The second kappa shape index (κ2) is 10.3. The zero-order chi connectivity index (χ0) is 21.4. The number of thioether (sulfide) groups is 1. The summed E-state index contributed by atoms with van der Waals surface area (Å²) in [5, 5.41) is 15.8. The number of anilines is 1. The molecule has 0 fully saturated rings.